The van der Waals surface area contributed by atoms with Crippen LogP contribution in [0.15, 0.2) is 41.0 Å². The molecule has 2 amide bonds. The van der Waals surface area contributed by atoms with Gasteiger partial charge in [0.25, 0.3) is 5.91 Å². The Hall–Kier alpha value is -2.83. The van der Waals surface area contributed by atoms with Gasteiger partial charge < -0.3 is 9.15 Å². The Kier molecular flexibility index (Phi) is 4.77. The van der Waals surface area contributed by atoms with Crippen LogP contribution in [0.1, 0.15) is 23.0 Å². The number of benzene rings is 1. The first-order chi connectivity index (χ1) is 10.5. The first-order valence-corrected chi connectivity index (χ1v) is 6.54. The summed E-state index contributed by atoms with van der Waals surface area (Å²) in [6, 6.07) is 7.36. The van der Waals surface area contributed by atoms with Crippen molar-refractivity contribution in [3.63, 3.8) is 0 Å². The van der Waals surface area contributed by atoms with Crippen molar-refractivity contribution in [1.29, 1.82) is 0 Å². The van der Waals surface area contributed by atoms with Crippen LogP contribution in [0.3, 0.4) is 0 Å². The van der Waals surface area contributed by atoms with Crippen LogP contribution < -0.4 is 15.6 Å². The highest BCUT2D eigenvalue weighted by atomic mass is 19.1. The normalized spacial score (nSPS) is 11.6. The van der Waals surface area contributed by atoms with E-state index in [1.807, 2.05) is 0 Å². The summed E-state index contributed by atoms with van der Waals surface area (Å²) in [4.78, 5) is 23.6. The number of nitrogens with one attached hydrogen (secondary N) is 2. The monoisotopic (exact) mass is 306 g/mol. The third kappa shape index (κ3) is 3.63. The molecule has 1 aromatic carbocycles. The van der Waals surface area contributed by atoms with Gasteiger partial charge in [0.05, 0.1) is 6.26 Å². The van der Waals surface area contributed by atoms with Crippen molar-refractivity contribution >= 4 is 11.8 Å². The Bertz CT molecular complexity index is 684. The number of aryl methyl sites for hydroxylation is 1. The Morgan fingerprint density at radius 3 is 2.59 bits per heavy atom. The summed E-state index contributed by atoms with van der Waals surface area (Å²) in [6.45, 7) is 3.14. The van der Waals surface area contributed by atoms with E-state index in [4.69, 9.17) is 9.15 Å². The van der Waals surface area contributed by atoms with Crippen molar-refractivity contribution in [3.05, 3.63) is 53.7 Å². The summed E-state index contributed by atoms with van der Waals surface area (Å²) >= 11 is 0. The molecule has 6 nitrogen and oxygen atoms in total. The highest BCUT2D eigenvalue weighted by Gasteiger charge is 2.18. The third-order valence-electron chi connectivity index (χ3n) is 2.88. The number of hydrogen-bond acceptors (Lipinski definition) is 4. The maximum absolute atomic E-state index is 13.4. The summed E-state index contributed by atoms with van der Waals surface area (Å²) in [5, 5.41) is 0. The van der Waals surface area contributed by atoms with Gasteiger partial charge in [-0.05, 0) is 32.0 Å². The van der Waals surface area contributed by atoms with Gasteiger partial charge >= 0.3 is 5.91 Å². The van der Waals surface area contributed by atoms with Crippen molar-refractivity contribution in [2.24, 2.45) is 0 Å². The number of furan rings is 1. The Morgan fingerprint density at radius 1 is 1.23 bits per heavy atom. The number of hydrogen-bond donors (Lipinski definition) is 2. The van der Waals surface area contributed by atoms with Gasteiger partial charge in [-0.2, -0.15) is 0 Å². The van der Waals surface area contributed by atoms with Crippen LogP contribution in [-0.4, -0.2) is 17.9 Å². The van der Waals surface area contributed by atoms with E-state index in [-0.39, 0.29) is 11.5 Å². The van der Waals surface area contributed by atoms with Crippen molar-refractivity contribution in [1.82, 2.24) is 10.9 Å². The van der Waals surface area contributed by atoms with Gasteiger partial charge in [0.2, 0.25) is 0 Å². The summed E-state index contributed by atoms with van der Waals surface area (Å²) in [5.41, 5.74) is 5.03. The molecule has 0 aliphatic heterocycles. The minimum atomic E-state index is -0.991. The second kappa shape index (κ2) is 6.75. The fourth-order valence-corrected chi connectivity index (χ4v) is 1.67. The Balaban J connectivity index is 1.88. The van der Waals surface area contributed by atoms with E-state index in [0.717, 1.165) is 0 Å². The predicted octanol–water partition coefficient (Wildman–Crippen LogP) is 1.96. The molecule has 116 valence electrons. The molecule has 1 heterocycles. The van der Waals surface area contributed by atoms with Gasteiger partial charge in [0, 0.05) is 5.56 Å². The molecule has 0 aliphatic carbocycles. The lowest BCUT2D eigenvalue weighted by molar-refractivity contribution is -0.128. The zero-order valence-electron chi connectivity index (χ0n) is 12.1. The number of halogens is 1. The molecule has 22 heavy (non-hydrogen) atoms. The lowest BCUT2D eigenvalue weighted by Gasteiger charge is -2.15. The standard InChI is InChI=1S/C15H15FN2O4/c1-9-7-8-21-13(9)15(20)18-17-14(19)10(2)22-12-6-4-3-5-11(12)16/h3-8,10H,1-2H3,(H,17,19)(H,18,20). The first kappa shape index (κ1) is 15.6. The number of para-hydroxylation sites is 1. The molecule has 0 fully saturated rings. The quantitative estimate of drug-likeness (QED) is 0.846. The summed E-state index contributed by atoms with van der Waals surface area (Å²) in [7, 11) is 0. The van der Waals surface area contributed by atoms with Crippen LogP contribution in [-0.2, 0) is 4.79 Å². The van der Waals surface area contributed by atoms with E-state index in [2.05, 4.69) is 10.9 Å². The second-order valence-corrected chi connectivity index (χ2v) is 4.57. The van der Waals surface area contributed by atoms with Crippen LogP contribution in [0.4, 0.5) is 4.39 Å². The minimum absolute atomic E-state index is 0.0432. The minimum Gasteiger partial charge on any atom is -0.478 e. The average Bonchev–Trinajstić information content (AvgIpc) is 2.93. The fraction of sp³-hybridized carbons (Fsp3) is 0.200. The topological polar surface area (TPSA) is 80.6 Å². The molecular formula is C15H15FN2O4. The molecule has 7 heteroatoms. The van der Waals surface area contributed by atoms with Crippen LogP contribution in [0, 0.1) is 12.7 Å². The highest BCUT2D eigenvalue weighted by molar-refractivity contribution is 5.94. The van der Waals surface area contributed by atoms with Crippen LogP contribution in [0.2, 0.25) is 0 Å². The van der Waals surface area contributed by atoms with Crippen molar-refractivity contribution in [2.75, 3.05) is 0 Å². The van der Waals surface area contributed by atoms with E-state index >= 15 is 0 Å². The van der Waals surface area contributed by atoms with E-state index in [1.165, 1.54) is 31.4 Å². The highest BCUT2D eigenvalue weighted by Crippen LogP contribution is 2.16. The second-order valence-electron chi connectivity index (χ2n) is 4.57. The molecule has 2 aromatic rings. The van der Waals surface area contributed by atoms with Gasteiger partial charge in [-0.3, -0.25) is 20.4 Å². The molecule has 1 aromatic heterocycles. The molecular weight excluding hydrogens is 291 g/mol. The lowest BCUT2D eigenvalue weighted by Crippen LogP contribution is -2.47. The maximum atomic E-state index is 13.4. The van der Waals surface area contributed by atoms with Crippen molar-refractivity contribution < 1.29 is 23.1 Å². The maximum Gasteiger partial charge on any atom is 0.305 e. The van der Waals surface area contributed by atoms with Crippen LogP contribution in [0.5, 0.6) is 5.75 Å². The van der Waals surface area contributed by atoms with E-state index < -0.39 is 23.7 Å². The lowest BCUT2D eigenvalue weighted by atomic mass is 10.3. The Labute approximate surface area is 126 Å². The fourth-order valence-electron chi connectivity index (χ4n) is 1.67. The molecule has 1 atom stereocenters. The summed E-state index contributed by atoms with van der Waals surface area (Å²) in [6.07, 6.45) is 0.380. The van der Waals surface area contributed by atoms with Gasteiger partial charge in [0.15, 0.2) is 23.4 Å². The first-order valence-electron chi connectivity index (χ1n) is 6.54. The molecule has 1 unspecified atom stereocenters. The molecule has 2 N–H and O–H groups in total. The predicted molar refractivity (Wildman–Crippen MR) is 75.5 cm³/mol. The van der Waals surface area contributed by atoms with Gasteiger partial charge in [-0.15, -0.1) is 0 Å². The average molecular weight is 306 g/mol. The molecule has 0 radical (unpaired) electrons. The van der Waals surface area contributed by atoms with Gasteiger partial charge in [0.1, 0.15) is 0 Å². The van der Waals surface area contributed by atoms with E-state index in [9.17, 15) is 14.0 Å². The number of amides is 2. The van der Waals surface area contributed by atoms with Crippen LogP contribution >= 0.6 is 0 Å². The molecule has 0 saturated carbocycles. The number of ether oxygens (including phenoxy) is 1. The molecule has 0 spiro atoms. The summed E-state index contributed by atoms with van der Waals surface area (Å²) in [5.74, 6) is -1.73. The molecule has 0 aliphatic rings. The SMILES string of the molecule is Cc1ccoc1C(=O)NNC(=O)C(C)Oc1ccccc1F. The van der Waals surface area contributed by atoms with Gasteiger partial charge in [-0.1, -0.05) is 12.1 Å². The third-order valence-corrected chi connectivity index (χ3v) is 2.88. The number of carbonyl (C=O) groups is 2. The zero-order chi connectivity index (χ0) is 16.1. The molecule has 0 bridgehead atoms. The van der Waals surface area contributed by atoms with E-state index in [0.29, 0.717) is 5.56 Å². The number of hydrazine groups is 1. The van der Waals surface area contributed by atoms with Crippen molar-refractivity contribution in [3.8, 4) is 5.75 Å². The van der Waals surface area contributed by atoms with E-state index in [1.54, 1.807) is 19.1 Å². The number of rotatable bonds is 4. The molecule has 0 saturated heterocycles. The smallest absolute Gasteiger partial charge is 0.305 e. The van der Waals surface area contributed by atoms with Crippen LogP contribution in [0.25, 0.3) is 0 Å². The van der Waals surface area contributed by atoms with Gasteiger partial charge in [-0.25, -0.2) is 4.39 Å². The number of carbonyl (C=O) groups excluding carboxylic acids is 2. The van der Waals surface area contributed by atoms with Crippen molar-refractivity contribution in [2.45, 2.75) is 20.0 Å². The molecule has 2 rings (SSSR count). The largest absolute Gasteiger partial charge is 0.478 e. The summed E-state index contributed by atoms with van der Waals surface area (Å²) < 4.78 is 23.6. The zero-order valence-corrected chi connectivity index (χ0v) is 12.1. The Morgan fingerprint density at radius 2 is 1.95 bits per heavy atom.